The van der Waals surface area contributed by atoms with Crippen LogP contribution in [0, 0.1) is 45.8 Å². The van der Waals surface area contributed by atoms with Crippen LogP contribution in [0.3, 0.4) is 0 Å². The van der Waals surface area contributed by atoms with Crippen LogP contribution in [0.15, 0.2) is 92.7 Å². The predicted octanol–water partition coefficient (Wildman–Crippen LogP) is 20.1. The van der Waals surface area contributed by atoms with Crippen molar-refractivity contribution in [1.29, 1.82) is 0 Å². The summed E-state index contributed by atoms with van der Waals surface area (Å²) in [6.07, 6.45) is 53.1. The van der Waals surface area contributed by atoms with Crippen LogP contribution in [0.1, 0.15) is 339 Å². The molecule has 0 saturated heterocycles. The molecule has 12 heteroatoms. The second-order valence-electron chi connectivity index (χ2n) is 32.7. The molecule has 4 fully saturated rings. The van der Waals surface area contributed by atoms with Crippen molar-refractivity contribution in [3.8, 4) is 0 Å². The maximum atomic E-state index is 13.2. The Kier molecular flexibility index (Phi) is 38.7. The van der Waals surface area contributed by atoms with Gasteiger partial charge >= 0.3 is 11.9 Å². The number of carbonyl (C=O) groups excluding carboxylic acids is 4. The van der Waals surface area contributed by atoms with E-state index in [9.17, 15) is 49.8 Å². The molecule has 5 rings (SSSR count). The third-order valence-corrected chi connectivity index (χ3v) is 25.2. The molecule has 568 valence electrons. The lowest BCUT2D eigenvalue weighted by Gasteiger charge is -2.55. The van der Waals surface area contributed by atoms with Crippen molar-refractivity contribution in [3.63, 3.8) is 0 Å². The monoisotopic (exact) mass is 1390 g/mol. The molecule has 0 aromatic carbocycles. The van der Waals surface area contributed by atoms with E-state index in [-0.39, 0.29) is 56.1 Å². The van der Waals surface area contributed by atoms with E-state index < -0.39 is 51.5 Å². The second-order valence-corrected chi connectivity index (χ2v) is 32.7. The van der Waals surface area contributed by atoms with Gasteiger partial charge in [-0.05, 0) is 223 Å². The molecule has 0 aliphatic heterocycles. The van der Waals surface area contributed by atoms with Crippen molar-refractivity contribution in [3.05, 3.63) is 92.7 Å². The molecule has 5 aliphatic rings. The Bertz CT molecular complexity index is 2740. The van der Waals surface area contributed by atoms with Crippen LogP contribution in [0.4, 0.5) is 0 Å². The van der Waals surface area contributed by atoms with Crippen molar-refractivity contribution < 1.29 is 59.3 Å². The lowest BCUT2D eigenvalue weighted by molar-refractivity contribution is -0.168. The smallest absolute Gasteiger partial charge is 0.305 e. The van der Waals surface area contributed by atoms with Gasteiger partial charge in [0.2, 0.25) is 0 Å². The van der Waals surface area contributed by atoms with Gasteiger partial charge in [0, 0.05) is 41.4 Å². The van der Waals surface area contributed by atoms with Gasteiger partial charge < -0.3 is 40.1 Å². The van der Waals surface area contributed by atoms with Crippen LogP contribution >= 0.6 is 0 Å². The third kappa shape index (κ3) is 24.5. The minimum atomic E-state index is -1.31. The minimum Gasteiger partial charge on any atom is -0.466 e. The Morgan fingerprint density at radius 1 is 0.530 bits per heavy atom. The minimum absolute atomic E-state index is 0.204. The van der Waals surface area contributed by atoms with E-state index in [0.29, 0.717) is 107 Å². The van der Waals surface area contributed by atoms with E-state index in [1.165, 1.54) is 119 Å². The van der Waals surface area contributed by atoms with E-state index in [1.54, 1.807) is 0 Å². The van der Waals surface area contributed by atoms with Gasteiger partial charge in [-0.1, -0.05) is 213 Å². The number of ether oxygens (including phenoxy) is 2. The van der Waals surface area contributed by atoms with Gasteiger partial charge in [0.05, 0.1) is 49.8 Å². The molecule has 12 unspecified atom stereocenters. The molecule has 0 bridgehead atoms. The van der Waals surface area contributed by atoms with Crippen molar-refractivity contribution in [1.82, 2.24) is 0 Å². The van der Waals surface area contributed by atoms with E-state index in [0.717, 1.165) is 106 Å². The lowest BCUT2D eigenvalue weighted by atomic mass is 9.52. The summed E-state index contributed by atoms with van der Waals surface area (Å²) in [5, 5.41) is 74.9. The fourth-order valence-electron chi connectivity index (χ4n) is 19.1. The highest BCUT2D eigenvalue weighted by Crippen LogP contribution is 2.65. The number of unbranched alkanes of at least 4 members (excludes halogenated alkanes) is 20. The number of hydrogen-bond donors (Lipinski definition) is 6. The average Bonchev–Trinajstić information content (AvgIpc) is 1.50. The molecule has 12 atom stereocenters. The Morgan fingerprint density at radius 3 is 1.35 bits per heavy atom. The van der Waals surface area contributed by atoms with Gasteiger partial charge in [0.15, 0.2) is 0 Å². The summed E-state index contributed by atoms with van der Waals surface area (Å²) >= 11 is 0. The van der Waals surface area contributed by atoms with E-state index in [1.807, 2.05) is 33.8 Å². The zero-order valence-corrected chi connectivity index (χ0v) is 64.9. The first-order valence-electron chi connectivity index (χ1n) is 40.7. The number of hydrogen-bond acceptors (Lipinski definition) is 12. The molecule has 0 heterocycles. The Morgan fingerprint density at radius 2 is 0.940 bits per heavy atom. The molecule has 5 aliphatic carbocycles. The van der Waals surface area contributed by atoms with Gasteiger partial charge in [-0.25, -0.2) is 0 Å². The van der Waals surface area contributed by atoms with Gasteiger partial charge in [-0.3, -0.25) is 19.2 Å². The highest BCUT2D eigenvalue weighted by atomic mass is 16.5. The Balaban J connectivity index is 1.40. The highest BCUT2D eigenvalue weighted by molar-refractivity contribution is 5.74. The van der Waals surface area contributed by atoms with E-state index >= 15 is 0 Å². The third-order valence-electron chi connectivity index (χ3n) is 25.2. The van der Waals surface area contributed by atoms with E-state index in [2.05, 4.69) is 78.0 Å². The summed E-state index contributed by atoms with van der Waals surface area (Å²) in [6.45, 7) is 20.1. The zero-order chi connectivity index (χ0) is 73.2. The number of allylic oxidation sites excluding steroid dienone is 14. The number of rotatable bonds is 47. The zero-order valence-electron chi connectivity index (χ0n) is 64.9. The predicted molar refractivity (Wildman–Crippen MR) is 409 cm³/mol. The molecule has 6 N–H and O–H groups in total. The Hall–Kier alpha value is -4.04. The Labute approximate surface area is 608 Å². The van der Waals surface area contributed by atoms with Crippen molar-refractivity contribution in [2.24, 2.45) is 45.8 Å². The van der Waals surface area contributed by atoms with E-state index in [4.69, 9.17) is 9.47 Å². The number of carbonyl (C=O) groups is 4. The molecule has 0 amide bonds. The molecule has 100 heavy (non-hydrogen) atoms. The first-order chi connectivity index (χ1) is 48.0. The highest BCUT2D eigenvalue weighted by Gasteiger charge is 2.65. The maximum Gasteiger partial charge on any atom is 0.305 e. The molecule has 2 spiro atoms. The SMILES string of the molecule is CCCCCCCCCCCCCC(=O)OCCCC1C(=C(C)C=O)CCC(C)(O)C12CCC(C(=CC=CC1(CCC=C(C)C)CCC(CCC=C(C)C)=CC1C=C(CO)C1CCC3(C(CCCOC(=O)CCCCCCCCCCCCC)C(=C(C)C=O)CCC3(C)O)C1O)CO)C2O. The van der Waals surface area contributed by atoms with Crippen LogP contribution in [0.25, 0.3) is 0 Å². The largest absolute Gasteiger partial charge is 0.466 e. The number of aliphatic hydroxyl groups is 6. The van der Waals surface area contributed by atoms with Gasteiger partial charge in [0.1, 0.15) is 12.6 Å². The standard InChI is InChI=1S/C88H144O12/c1-11-13-15-17-19-21-23-25-27-29-31-44-80(93)99-58-36-42-78-74(68(7)62-89)47-53-84(9,97)87(78)56-49-76(82(87)95)71(64-91)41-35-52-86(51-34-39-67(5)6)55-46-70(40-33-38-66(3)4)60-73(86)61-72(65-92)77-50-57-88(83(77)96)79(75(69(8)63-90)48-54-85(88,10)98)43-37-59-100-81(94)45-32-30-28-26-24-22-20-18-16-14-12-2/h35,38-39,41,52,60-63,73,76-79,82-83,91-92,95-98H,11-34,36-37,40,42-51,53-59,64-65H2,1-10H3. The fourth-order valence-corrected chi connectivity index (χ4v) is 19.1. The van der Waals surface area contributed by atoms with Gasteiger partial charge in [0.25, 0.3) is 0 Å². The van der Waals surface area contributed by atoms with Crippen molar-refractivity contribution in [2.75, 3.05) is 26.4 Å². The maximum absolute atomic E-state index is 13.2. The van der Waals surface area contributed by atoms with Crippen molar-refractivity contribution in [2.45, 2.75) is 362 Å². The summed E-state index contributed by atoms with van der Waals surface area (Å²) in [5.41, 5.74) is 3.10. The summed E-state index contributed by atoms with van der Waals surface area (Å²) in [5.74, 6) is -2.34. The summed E-state index contributed by atoms with van der Waals surface area (Å²) < 4.78 is 11.7. The molecular formula is C88H144O12. The molecular weight excluding hydrogens is 1250 g/mol. The first kappa shape index (κ1) is 86.6. The molecule has 0 radical (unpaired) electrons. The molecule has 4 saturated carbocycles. The number of esters is 2. The molecule has 0 aromatic rings. The van der Waals surface area contributed by atoms with Gasteiger partial charge in [-0.15, -0.1) is 0 Å². The van der Waals surface area contributed by atoms with Gasteiger partial charge in [-0.2, -0.15) is 0 Å². The van der Waals surface area contributed by atoms with Crippen LogP contribution < -0.4 is 0 Å². The summed E-state index contributed by atoms with van der Waals surface area (Å²) in [7, 11) is 0. The van der Waals surface area contributed by atoms with Crippen LogP contribution in [0.5, 0.6) is 0 Å². The molecule has 0 aromatic heterocycles. The lowest BCUT2D eigenvalue weighted by Crippen LogP contribution is -2.59. The average molecular weight is 1390 g/mol. The number of aliphatic hydroxyl groups excluding tert-OH is 4. The normalized spacial score (nSPS) is 29.7. The summed E-state index contributed by atoms with van der Waals surface area (Å²) in [6, 6.07) is 0. The topological polar surface area (TPSA) is 208 Å². The first-order valence-corrected chi connectivity index (χ1v) is 40.7. The fraction of sp³-hybridized carbons (Fsp3) is 0.773. The number of aldehydes is 2. The van der Waals surface area contributed by atoms with Crippen molar-refractivity contribution >= 4 is 24.5 Å². The van der Waals surface area contributed by atoms with Crippen LogP contribution in [-0.4, -0.2) is 105 Å². The quantitative estimate of drug-likeness (QED) is 0.00840. The molecule has 12 nitrogen and oxygen atoms in total. The second kappa shape index (κ2) is 44.7. The van der Waals surface area contributed by atoms with Crippen LogP contribution in [-0.2, 0) is 28.7 Å². The van der Waals surface area contributed by atoms with Crippen LogP contribution in [0.2, 0.25) is 0 Å². The summed E-state index contributed by atoms with van der Waals surface area (Å²) in [4.78, 5) is 51.4.